The molecule has 0 aliphatic rings. The average molecular weight is 427 g/mol. The summed E-state index contributed by atoms with van der Waals surface area (Å²) in [5.41, 5.74) is -0.278. The Bertz CT molecular complexity index is 893. The number of carbonyl (C=O) groups excluding carboxylic acids is 1. The van der Waals surface area contributed by atoms with Crippen molar-refractivity contribution in [3.05, 3.63) is 70.3 Å². The number of hydrogen-bond donors (Lipinski definition) is 1. The number of rotatable bonds is 3. The molecule has 1 aromatic heterocycles. The maximum absolute atomic E-state index is 13.3. The van der Waals surface area contributed by atoms with Crippen LogP contribution in [-0.4, -0.2) is 10.9 Å². The number of alkyl halides is 3. The van der Waals surface area contributed by atoms with Crippen molar-refractivity contribution in [1.82, 2.24) is 4.98 Å². The summed E-state index contributed by atoms with van der Waals surface area (Å²) in [7, 11) is 0. The second-order valence-electron chi connectivity index (χ2n) is 5.02. The van der Waals surface area contributed by atoms with Gasteiger partial charge in [0.15, 0.2) is 10.8 Å². The molecule has 0 saturated heterocycles. The van der Waals surface area contributed by atoms with Gasteiger partial charge in [-0.05, 0) is 29.8 Å². The van der Waals surface area contributed by atoms with Crippen molar-refractivity contribution in [3.8, 4) is 10.4 Å². The number of nitrogens with one attached hydrogen (secondary N) is 1. The van der Waals surface area contributed by atoms with Crippen LogP contribution >= 0.6 is 27.3 Å². The molecule has 1 heterocycles. The molecule has 0 fully saturated rings. The maximum Gasteiger partial charge on any atom is 0.434 e. The number of carbonyl (C=O) groups is 1. The Labute approximate surface area is 153 Å². The molecule has 3 nitrogen and oxygen atoms in total. The Morgan fingerprint density at radius 3 is 2.28 bits per heavy atom. The van der Waals surface area contributed by atoms with Gasteiger partial charge in [-0.3, -0.25) is 10.1 Å². The lowest BCUT2D eigenvalue weighted by Crippen LogP contribution is -2.12. The van der Waals surface area contributed by atoms with Crippen molar-refractivity contribution in [2.75, 3.05) is 5.32 Å². The van der Waals surface area contributed by atoms with Gasteiger partial charge in [0.1, 0.15) is 0 Å². The van der Waals surface area contributed by atoms with Crippen LogP contribution in [0.4, 0.5) is 18.3 Å². The smallest absolute Gasteiger partial charge is 0.298 e. The molecule has 0 spiro atoms. The minimum atomic E-state index is -4.61. The van der Waals surface area contributed by atoms with E-state index in [0.29, 0.717) is 11.1 Å². The Morgan fingerprint density at radius 1 is 1.04 bits per heavy atom. The number of nitrogens with zero attached hydrogens (tertiary/aromatic N) is 1. The third-order valence-corrected chi connectivity index (χ3v) is 4.81. The number of anilines is 1. The van der Waals surface area contributed by atoms with E-state index in [0.717, 1.165) is 15.8 Å². The van der Waals surface area contributed by atoms with Gasteiger partial charge in [-0.25, -0.2) is 4.98 Å². The average Bonchev–Trinajstić information content (AvgIpc) is 3.00. The monoisotopic (exact) mass is 426 g/mol. The Kier molecular flexibility index (Phi) is 4.91. The Hall–Kier alpha value is -2.19. The van der Waals surface area contributed by atoms with E-state index in [1.54, 1.807) is 54.6 Å². The SMILES string of the molecule is O=C(Nc1nc(C(F)(F)F)c(-c2ccccc2)s1)c1ccc(Br)cc1. The molecule has 3 aromatic rings. The van der Waals surface area contributed by atoms with Crippen LogP contribution < -0.4 is 5.32 Å². The largest absolute Gasteiger partial charge is 0.434 e. The molecular weight excluding hydrogens is 417 g/mol. The number of amides is 1. The Balaban J connectivity index is 1.94. The molecule has 1 N–H and O–H groups in total. The molecule has 0 aliphatic heterocycles. The fraction of sp³-hybridized carbons (Fsp3) is 0.0588. The summed E-state index contributed by atoms with van der Waals surface area (Å²) in [6, 6.07) is 14.6. The third kappa shape index (κ3) is 4.08. The molecule has 0 aliphatic carbocycles. The van der Waals surface area contributed by atoms with Crippen molar-refractivity contribution in [2.24, 2.45) is 0 Å². The van der Waals surface area contributed by atoms with E-state index in [2.05, 4.69) is 26.2 Å². The van der Waals surface area contributed by atoms with Crippen LogP contribution in [0.3, 0.4) is 0 Å². The molecule has 128 valence electrons. The van der Waals surface area contributed by atoms with E-state index in [9.17, 15) is 18.0 Å². The van der Waals surface area contributed by atoms with Gasteiger partial charge in [0, 0.05) is 10.0 Å². The summed E-state index contributed by atoms with van der Waals surface area (Å²) in [4.78, 5) is 15.8. The van der Waals surface area contributed by atoms with Crippen LogP contribution in [0.5, 0.6) is 0 Å². The molecule has 0 unspecified atom stereocenters. The van der Waals surface area contributed by atoms with Crippen LogP contribution in [0.15, 0.2) is 59.1 Å². The fourth-order valence-electron chi connectivity index (χ4n) is 2.12. The van der Waals surface area contributed by atoms with Gasteiger partial charge in [0.05, 0.1) is 4.88 Å². The van der Waals surface area contributed by atoms with E-state index in [1.165, 1.54) is 0 Å². The normalized spacial score (nSPS) is 11.4. The lowest BCUT2D eigenvalue weighted by atomic mass is 10.1. The topological polar surface area (TPSA) is 42.0 Å². The minimum absolute atomic E-state index is 0.0285. The van der Waals surface area contributed by atoms with Crippen LogP contribution in [0.25, 0.3) is 10.4 Å². The number of aromatic nitrogens is 1. The summed E-state index contributed by atoms with van der Waals surface area (Å²) in [6.07, 6.45) is -4.61. The minimum Gasteiger partial charge on any atom is -0.298 e. The van der Waals surface area contributed by atoms with Gasteiger partial charge in [0.2, 0.25) is 0 Å². The fourth-order valence-corrected chi connectivity index (χ4v) is 3.37. The first-order valence-corrected chi connectivity index (χ1v) is 8.66. The van der Waals surface area contributed by atoms with Crippen molar-refractivity contribution in [1.29, 1.82) is 0 Å². The van der Waals surface area contributed by atoms with Crippen LogP contribution in [-0.2, 0) is 6.18 Å². The van der Waals surface area contributed by atoms with Gasteiger partial charge in [-0.15, -0.1) is 0 Å². The number of halogens is 4. The van der Waals surface area contributed by atoms with E-state index in [4.69, 9.17) is 0 Å². The third-order valence-electron chi connectivity index (χ3n) is 3.26. The van der Waals surface area contributed by atoms with E-state index >= 15 is 0 Å². The first kappa shape index (κ1) is 17.6. The quantitative estimate of drug-likeness (QED) is 0.571. The number of thiazole rings is 1. The van der Waals surface area contributed by atoms with Crippen molar-refractivity contribution in [2.45, 2.75) is 6.18 Å². The van der Waals surface area contributed by atoms with Crippen molar-refractivity contribution < 1.29 is 18.0 Å². The zero-order valence-corrected chi connectivity index (χ0v) is 14.9. The highest BCUT2D eigenvalue weighted by Gasteiger charge is 2.38. The highest BCUT2D eigenvalue weighted by molar-refractivity contribution is 9.10. The lowest BCUT2D eigenvalue weighted by molar-refractivity contribution is -0.140. The van der Waals surface area contributed by atoms with Gasteiger partial charge in [-0.2, -0.15) is 13.2 Å². The van der Waals surface area contributed by atoms with E-state index in [1.807, 2.05) is 0 Å². The number of benzene rings is 2. The zero-order chi connectivity index (χ0) is 18.0. The predicted molar refractivity (Wildman–Crippen MR) is 94.6 cm³/mol. The predicted octanol–water partition coefficient (Wildman–Crippen LogP) is 5.84. The Morgan fingerprint density at radius 2 is 1.68 bits per heavy atom. The zero-order valence-electron chi connectivity index (χ0n) is 12.5. The van der Waals surface area contributed by atoms with Crippen LogP contribution in [0.1, 0.15) is 16.1 Å². The van der Waals surface area contributed by atoms with Gasteiger partial charge < -0.3 is 0 Å². The standard InChI is InChI=1S/C17H10BrF3N2OS/c18-12-8-6-11(7-9-12)15(24)23-16-22-14(17(19,20)21)13(25-16)10-4-2-1-3-5-10/h1-9H,(H,22,23,24). The molecule has 2 aromatic carbocycles. The molecule has 0 saturated carbocycles. The van der Waals surface area contributed by atoms with Crippen molar-refractivity contribution >= 4 is 38.3 Å². The summed E-state index contributed by atoms with van der Waals surface area (Å²) in [5.74, 6) is -0.519. The van der Waals surface area contributed by atoms with Gasteiger partial charge >= 0.3 is 6.18 Å². The van der Waals surface area contributed by atoms with Gasteiger partial charge in [-0.1, -0.05) is 57.6 Å². The summed E-state index contributed by atoms with van der Waals surface area (Å²) in [6.45, 7) is 0. The lowest BCUT2D eigenvalue weighted by Gasteiger charge is -2.05. The first-order valence-electron chi connectivity index (χ1n) is 7.05. The van der Waals surface area contributed by atoms with Crippen LogP contribution in [0, 0.1) is 0 Å². The maximum atomic E-state index is 13.3. The van der Waals surface area contributed by atoms with E-state index < -0.39 is 17.8 Å². The molecule has 0 radical (unpaired) electrons. The van der Waals surface area contributed by atoms with Crippen molar-refractivity contribution in [3.63, 3.8) is 0 Å². The molecule has 0 atom stereocenters. The first-order chi connectivity index (χ1) is 11.8. The molecule has 8 heteroatoms. The summed E-state index contributed by atoms with van der Waals surface area (Å²) < 4.78 is 40.6. The van der Waals surface area contributed by atoms with Gasteiger partial charge in [0.25, 0.3) is 5.91 Å². The van der Waals surface area contributed by atoms with E-state index in [-0.39, 0.29) is 10.0 Å². The molecular formula is C17H10BrF3N2OS. The highest BCUT2D eigenvalue weighted by atomic mass is 79.9. The highest BCUT2D eigenvalue weighted by Crippen LogP contribution is 2.41. The number of hydrogen-bond acceptors (Lipinski definition) is 3. The molecule has 0 bridgehead atoms. The molecule has 1 amide bonds. The summed E-state index contributed by atoms with van der Waals surface area (Å²) in [5, 5.41) is 2.34. The second kappa shape index (κ2) is 6.97. The van der Waals surface area contributed by atoms with Crippen LogP contribution in [0.2, 0.25) is 0 Å². The molecule has 3 rings (SSSR count). The molecule has 25 heavy (non-hydrogen) atoms. The summed E-state index contributed by atoms with van der Waals surface area (Å²) >= 11 is 4.05. The second-order valence-corrected chi connectivity index (χ2v) is 6.94.